The average molecular weight is 320 g/mol. The van der Waals surface area contributed by atoms with Gasteiger partial charge >= 0.3 is 5.97 Å². The third kappa shape index (κ3) is 3.38. The van der Waals surface area contributed by atoms with Gasteiger partial charge in [0.25, 0.3) is 0 Å². The van der Waals surface area contributed by atoms with E-state index in [-0.39, 0.29) is 24.7 Å². The van der Waals surface area contributed by atoms with Gasteiger partial charge in [0.05, 0.1) is 30.7 Å². The summed E-state index contributed by atoms with van der Waals surface area (Å²) in [4.78, 5) is 37.0. The van der Waals surface area contributed by atoms with E-state index in [2.05, 4.69) is 5.32 Å². The minimum atomic E-state index is -0.910. The van der Waals surface area contributed by atoms with E-state index in [0.717, 1.165) is 6.42 Å². The zero-order chi connectivity index (χ0) is 16.4. The Hall–Kier alpha value is -2.31. The Balaban J connectivity index is 1.58. The third-order valence-corrected chi connectivity index (χ3v) is 4.70. The molecule has 1 saturated heterocycles. The van der Waals surface area contributed by atoms with Crippen molar-refractivity contribution in [2.75, 3.05) is 6.54 Å². The Morgan fingerprint density at radius 1 is 1.43 bits per heavy atom. The highest BCUT2D eigenvalue weighted by Gasteiger charge is 2.43. The molecule has 0 aromatic carbocycles. The molecule has 2 N–H and O–H groups in total. The minimum Gasteiger partial charge on any atom is -0.481 e. The molecule has 2 heterocycles. The van der Waals surface area contributed by atoms with Crippen LogP contribution in [0.2, 0.25) is 0 Å². The van der Waals surface area contributed by atoms with Crippen molar-refractivity contribution >= 4 is 17.8 Å². The molecule has 1 aromatic rings. The SMILES string of the molecule is O=C(O)CC1(NC(=O)C2CC(=O)N(Cc3ccco3)C2)CCC1. The monoisotopic (exact) mass is 320 g/mol. The highest BCUT2D eigenvalue weighted by Crippen LogP contribution is 2.35. The van der Waals surface area contributed by atoms with Crippen LogP contribution in [-0.4, -0.2) is 39.9 Å². The maximum atomic E-state index is 12.4. The fourth-order valence-electron chi connectivity index (χ4n) is 3.29. The molecule has 1 aliphatic carbocycles. The molecule has 1 unspecified atom stereocenters. The summed E-state index contributed by atoms with van der Waals surface area (Å²) in [6.45, 7) is 0.699. The summed E-state index contributed by atoms with van der Waals surface area (Å²) in [7, 11) is 0. The van der Waals surface area contributed by atoms with Crippen molar-refractivity contribution in [1.29, 1.82) is 0 Å². The van der Waals surface area contributed by atoms with Gasteiger partial charge in [-0.25, -0.2) is 0 Å². The maximum absolute atomic E-state index is 12.4. The number of furan rings is 1. The van der Waals surface area contributed by atoms with Gasteiger partial charge in [-0.15, -0.1) is 0 Å². The minimum absolute atomic E-state index is 0.0600. The summed E-state index contributed by atoms with van der Waals surface area (Å²) < 4.78 is 5.23. The lowest BCUT2D eigenvalue weighted by Crippen LogP contribution is -2.56. The number of nitrogens with one attached hydrogen (secondary N) is 1. The number of amides is 2. The van der Waals surface area contributed by atoms with Gasteiger partial charge < -0.3 is 19.7 Å². The van der Waals surface area contributed by atoms with Gasteiger partial charge in [0, 0.05) is 13.0 Å². The molecule has 2 amide bonds. The number of likely N-dealkylation sites (tertiary alicyclic amines) is 1. The van der Waals surface area contributed by atoms with Gasteiger partial charge in [-0.3, -0.25) is 14.4 Å². The Morgan fingerprint density at radius 3 is 2.78 bits per heavy atom. The van der Waals surface area contributed by atoms with Crippen LogP contribution in [0.15, 0.2) is 22.8 Å². The smallest absolute Gasteiger partial charge is 0.305 e. The predicted molar refractivity (Wildman–Crippen MR) is 79.2 cm³/mol. The number of nitrogens with zero attached hydrogens (tertiary/aromatic N) is 1. The normalized spacial score (nSPS) is 22.7. The van der Waals surface area contributed by atoms with Crippen molar-refractivity contribution in [3.05, 3.63) is 24.2 Å². The second-order valence-corrected chi connectivity index (χ2v) is 6.45. The average Bonchev–Trinajstić information content (AvgIpc) is 3.07. The summed E-state index contributed by atoms with van der Waals surface area (Å²) >= 11 is 0. The van der Waals surface area contributed by atoms with Gasteiger partial charge in [0.2, 0.25) is 11.8 Å². The van der Waals surface area contributed by atoms with Crippen molar-refractivity contribution in [2.45, 2.75) is 44.2 Å². The molecule has 7 nitrogen and oxygen atoms in total. The molecule has 7 heteroatoms. The van der Waals surface area contributed by atoms with E-state index >= 15 is 0 Å². The molecule has 1 atom stereocenters. The summed E-state index contributed by atoms with van der Waals surface area (Å²) in [6.07, 6.45) is 3.93. The van der Waals surface area contributed by atoms with Crippen LogP contribution in [0.5, 0.6) is 0 Å². The molecular formula is C16H20N2O5. The van der Waals surface area contributed by atoms with Gasteiger partial charge in [-0.05, 0) is 31.4 Å². The van der Waals surface area contributed by atoms with E-state index in [9.17, 15) is 14.4 Å². The Morgan fingerprint density at radius 2 is 2.22 bits per heavy atom. The summed E-state index contributed by atoms with van der Waals surface area (Å²) in [6, 6.07) is 3.54. The first-order chi connectivity index (χ1) is 11.0. The molecule has 0 radical (unpaired) electrons. The van der Waals surface area contributed by atoms with Crippen LogP contribution in [0.25, 0.3) is 0 Å². The zero-order valence-corrected chi connectivity index (χ0v) is 12.8. The van der Waals surface area contributed by atoms with E-state index in [1.807, 2.05) is 0 Å². The van der Waals surface area contributed by atoms with Gasteiger partial charge in [-0.1, -0.05) is 0 Å². The number of rotatable bonds is 6. The van der Waals surface area contributed by atoms with E-state index in [4.69, 9.17) is 9.52 Å². The van der Waals surface area contributed by atoms with Crippen molar-refractivity contribution < 1.29 is 23.9 Å². The molecule has 1 aliphatic heterocycles. The molecule has 1 aromatic heterocycles. The Labute approximate surface area is 133 Å². The Kier molecular flexibility index (Phi) is 4.11. The van der Waals surface area contributed by atoms with E-state index in [1.54, 1.807) is 23.3 Å². The fraction of sp³-hybridized carbons (Fsp3) is 0.562. The number of hydrogen-bond donors (Lipinski definition) is 2. The molecule has 0 spiro atoms. The highest BCUT2D eigenvalue weighted by molar-refractivity contribution is 5.89. The molecule has 124 valence electrons. The lowest BCUT2D eigenvalue weighted by molar-refractivity contribution is -0.141. The molecule has 2 fully saturated rings. The van der Waals surface area contributed by atoms with Crippen molar-refractivity contribution in [3.63, 3.8) is 0 Å². The molecule has 23 heavy (non-hydrogen) atoms. The quantitative estimate of drug-likeness (QED) is 0.819. The first-order valence-corrected chi connectivity index (χ1v) is 7.81. The Bertz CT molecular complexity index is 606. The highest BCUT2D eigenvalue weighted by atomic mass is 16.4. The number of carboxylic acid groups (broad SMARTS) is 1. The number of carbonyl (C=O) groups is 3. The van der Waals surface area contributed by atoms with Crippen molar-refractivity contribution in [1.82, 2.24) is 10.2 Å². The number of carboxylic acids is 1. The van der Waals surface area contributed by atoms with Crippen molar-refractivity contribution in [2.24, 2.45) is 5.92 Å². The lowest BCUT2D eigenvalue weighted by atomic mass is 9.74. The molecule has 0 bridgehead atoms. The zero-order valence-electron chi connectivity index (χ0n) is 12.8. The molecule has 3 rings (SSSR count). The first-order valence-electron chi connectivity index (χ1n) is 7.81. The largest absolute Gasteiger partial charge is 0.481 e. The second-order valence-electron chi connectivity index (χ2n) is 6.45. The third-order valence-electron chi connectivity index (χ3n) is 4.70. The van der Waals surface area contributed by atoms with Crippen LogP contribution in [0.1, 0.15) is 37.9 Å². The number of aliphatic carboxylic acids is 1. The number of hydrogen-bond acceptors (Lipinski definition) is 4. The van der Waals surface area contributed by atoms with Crippen LogP contribution in [0.3, 0.4) is 0 Å². The summed E-state index contributed by atoms with van der Waals surface area (Å²) in [5.74, 6) is -0.958. The van der Waals surface area contributed by atoms with E-state index in [0.29, 0.717) is 31.7 Å². The van der Waals surface area contributed by atoms with Crippen LogP contribution >= 0.6 is 0 Å². The molecule has 2 aliphatic rings. The van der Waals surface area contributed by atoms with Crippen LogP contribution in [0, 0.1) is 5.92 Å². The van der Waals surface area contributed by atoms with Crippen molar-refractivity contribution in [3.8, 4) is 0 Å². The van der Waals surface area contributed by atoms with Gasteiger partial charge in [0.15, 0.2) is 0 Å². The standard InChI is InChI=1S/C16H20N2O5/c19-13-7-11(9-18(13)10-12-3-1-6-23-12)15(22)17-16(4-2-5-16)8-14(20)21/h1,3,6,11H,2,4-5,7-10H2,(H,17,22)(H,20,21). The summed E-state index contributed by atoms with van der Waals surface area (Å²) in [5.41, 5.74) is -0.625. The van der Waals surface area contributed by atoms with Gasteiger partial charge in [0.1, 0.15) is 5.76 Å². The van der Waals surface area contributed by atoms with Crippen LogP contribution in [0.4, 0.5) is 0 Å². The predicted octanol–water partition coefficient (Wildman–Crippen LogP) is 1.14. The van der Waals surface area contributed by atoms with E-state index in [1.165, 1.54) is 0 Å². The van der Waals surface area contributed by atoms with E-state index < -0.39 is 17.4 Å². The van der Waals surface area contributed by atoms with Crippen LogP contribution < -0.4 is 5.32 Å². The first kappa shape index (κ1) is 15.6. The summed E-state index contributed by atoms with van der Waals surface area (Å²) in [5, 5.41) is 11.9. The topological polar surface area (TPSA) is 99.8 Å². The van der Waals surface area contributed by atoms with Gasteiger partial charge in [-0.2, -0.15) is 0 Å². The fourth-order valence-corrected chi connectivity index (χ4v) is 3.29. The second kappa shape index (κ2) is 6.06. The molecule has 1 saturated carbocycles. The molecular weight excluding hydrogens is 300 g/mol. The maximum Gasteiger partial charge on any atom is 0.305 e. The van der Waals surface area contributed by atoms with Crippen LogP contribution in [-0.2, 0) is 20.9 Å². The number of carbonyl (C=O) groups excluding carboxylic acids is 2. The lowest BCUT2D eigenvalue weighted by Gasteiger charge is -2.42.